The highest BCUT2D eigenvalue weighted by Crippen LogP contribution is 2.36. The first kappa shape index (κ1) is 16.9. The van der Waals surface area contributed by atoms with E-state index in [1.165, 1.54) is 19.2 Å². The van der Waals surface area contributed by atoms with Crippen molar-refractivity contribution in [1.29, 1.82) is 0 Å². The van der Waals surface area contributed by atoms with Crippen LogP contribution >= 0.6 is 0 Å². The molecule has 1 saturated heterocycles. The highest BCUT2D eigenvalue weighted by Gasteiger charge is 2.55. The number of nitrogens with one attached hydrogen (secondary N) is 1. The van der Waals surface area contributed by atoms with E-state index in [4.69, 9.17) is 4.74 Å². The van der Waals surface area contributed by atoms with E-state index in [1.807, 2.05) is 0 Å². The van der Waals surface area contributed by atoms with E-state index in [-0.39, 0.29) is 11.3 Å². The number of benzene rings is 2. The molecule has 0 bridgehead atoms. The van der Waals surface area contributed by atoms with Crippen molar-refractivity contribution < 1.29 is 23.5 Å². The number of ketones is 1. The first-order valence-corrected chi connectivity index (χ1v) is 8.17. The van der Waals surface area contributed by atoms with Gasteiger partial charge in [-0.05, 0) is 36.4 Å². The number of fused-ring (bicyclic) bond motifs is 1. The SMILES string of the molecule is COc1ccccc1N1C(=O)[C@H]2C(C(=O)c3ccc(F)cc3)=NN[C@H]2C1=O. The van der Waals surface area contributed by atoms with E-state index in [0.29, 0.717) is 11.4 Å². The largest absolute Gasteiger partial charge is 0.495 e. The topological polar surface area (TPSA) is 88.1 Å². The second kappa shape index (κ2) is 6.31. The molecule has 0 aliphatic carbocycles. The lowest BCUT2D eigenvalue weighted by Crippen LogP contribution is -2.36. The predicted molar refractivity (Wildman–Crippen MR) is 94.1 cm³/mol. The van der Waals surface area contributed by atoms with Gasteiger partial charge in [-0.15, -0.1) is 0 Å². The second-order valence-electron chi connectivity index (χ2n) is 6.10. The minimum atomic E-state index is -1.04. The van der Waals surface area contributed by atoms with Crippen molar-refractivity contribution in [3.8, 4) is 5.75 Å². The molecule has 2 atom stereocenters. The standard InChI is InChI=1S/C19H14FN3O4/c1-27-13-5-3-2-4-12(13)23-18(25)14-15(21-22-16(14)19(23)26)17(24)10-6-8-11(20)9-7-10/h2-9,14,16,22H,1H3/t14-,16+/m0/s1. The molecule has 4 rings (SSSR count). The van der Waals surface area contributed by atoms with Gasteiger partial charge in [-0.3, -0.25) is 19.8 Å². The number of rotatable bonds is 4. The Morgan fingerprint density at radius 3 is 2.52 bits per heavy atom. The molecule has 2 aliphatic heterocycles. The number of para-hydroxylation sites is 2. The summed E-state index contributed by atoms with van der Waals surface area (Å²) in [4.78, 5) is 39.5. The number of halogens is 1. The minimum absolute atomic E-state index is 0.0673. The Hall–Kier alpha value is -3.55. The van der Waals surface area contributed by atoms with Gasteiger partial charge in [0.25, 0.3) is 5.91 Å². The zero-order chi connectivity index (χ0) is 19.1. The Balaban J connectivity index is 1.68. The number of hydrogen-bond acceptors (Lipinski definition) is 6. The Morgan fingerprint density at radius 2 is 1.81 bits per heavy atom. The summed E-state index contributed by atoms with van der Waals surface area (Å²) in [7, 11) is 1.44. The molecule has 2 heterocycles. The summed E-state index contributed by atoms with van der Waals surface area (Å²) in [6.07, 6.45) is 0. The monoisotopic (exact) mass is 367 g/mol. The van der Waals surface area contributed by atoms with E-state index < -0.39 is 35.4 Å². The fourth-order valence-electron chi connectivity index (χ4n) is 3.28. The number of nitrogens with zero attached hydrogens (tertiary/aromatic N) is 2. The van der Waals surface area contributed by atoms with Crippen molar-refractivity contribution in [2.75, 3.05) is 12.0 Å². The maximum atomic E-state index is 13.1. The Morgan fingerprint density at radius 1 is 1.11 bits per heavy atom. The van der Waals surface area contributed by atoms with E-state index in [9.17, 15) is 18.8 Å². The van der Waals surface area contributed by atoms with Gasteiger partial charge in [0.05, 0.1) is 12.8 Å². The third kappa shape index (κ3) is 2.57. The molecule has 2 aliphatic rings. The van der Waals surface area contributed by atoms with Crippen molar-refractivity contribution >= 4 is 29.0 Å². The second-order valence-corrected chi connectivity index (χ2v) is 6.10. The average molecular weight is 367 g/mol. The molecule has 2 aromatic rings. The van der Waals surface area contributed by atoms with Crippen LogP contribution < -0.4 is 15.1 Å². The zero-order valence-corrected chi connectivity index (χ0v) is 14.2. The predicted octanol–water partition coefficient (Wildman–Crippen LogP) is 1.53. The summed E-state index contributed by atoms with van der Waals surface area (Å²) in [5, 5.41) is 3.91. The third-order valence-electron chi connectivity index (χ3n) is 4.59. The van der Waals surface area contributed by atoms with Gasteiger partial charge in [0, 0.05) is 5.56 Å². The first-order valence-electron chi connectivity index (χ1n) is 8.17. The molecule has 0 radical (unpaired) electrons. The smallest absolute Gasteiger partial charge is 0.259 e. The van der Waals surface area contributed by atoms with E-state index in [0.717, 1.165) is 17.0 Å². The Labute approximate surface area is 153 Å². The van der Waals surface area contributed by atoms with Gasteiger partial charge in [-0.1, -0.05) is 12.1 Å². The average Bonchev–Trinajstić information content (AvgIpc) is 3.22. The fraction of sp³-hybridized carbons (Fsp3) is 0.158. The molecule has 0 aromatic heterocycles. The van der Waals surface area contributed by atoms with Crippen molar-refractivity contribution in [2.45, 2.75) is 6.04 Å². The van der Waals surface area contributed by atoms with Gasteiger partial charge in [0.1, 0.15) is 29.2 Å². The molecular formula is C19H14FN3O4. The Bertz CT molecular complexity index is 987. The van der Waals surface area contributed by atoms with Gasteiger partial charge in [-0.2, -0.15) is 5.10 Å². The highest BCUT2D eigenvalue weighted by molar-refractivity contribution is 6.52. The number of amides is 2. The van der Waals surface area contributed by atoms with Crippen molar-refractivity contribution in [1.82, 2.24) is 5.43 Å². The summed E-state index contributed by atoms with van der Waals surface area (Å²) in [6.45, 7) is 0. The fourth-order valence-corrected chi connectivity index (χ4v) is 3.28. The number of Topliss-reactive ketones (excluding diaryl/α,β-unsaturated/α-hetero) is 1. The molecule has 0 spiro atoms. The summed E-state index contributed by atoms with van der Waals surface area (Å²) < 4.78 is 18.3. The number of carbonyl (C=O) groups is 3. The lowest BCUT2D eigenvalue weighted by Gasteiger charge is -2.18. The van der Waals surface area contributed by atoms with Crippen LogP contribution in [0.3, 0.4) is 0 Å². The van der Waals surface area contributed by atoms with Crippen LogP contribution in [0.25, 0.3) is 0 Å². The number of ether oxygens (including phenoxy) is 1. The van der Waals surface area contributed by atoms with Gasteiger partial charge in [-0.25, -0.2) is 9.29 Å². The lowest BCUT2D eigenvalue weighted by atomic mass is 9.93. The van der Waals surface area contributed by atoms with Crippen LogP contribution in [-0.4, -0.2) is 36.5 Å². The maximum absolute atomic E-state index is 13.1. The van der Waals surface area contributed by atoms with Crippen molar-refractivity contribution in [2.24, 2.45) is 11.0 Å². The molecule has 2 amide bonds. The molecule has 0 saturated carbocycles. The number of hydrazone groups is 1. The highest BCUT2D eigenvalue weighted by atomic mass is 19.1. The normalized spacial score (nSPS) is 21.0. The molecule has 2 aromatic carbocycles. The zero-order valence-electron chi connectivity index (χ0n) is 14.2. The molecular weight excluding hydrogens is 353 g/mol. The van der Waals surface area contributed by atoms with E-state index in [1.54, 1.807) is 24.3 Å². The molecule has 8 heteroatoms. The van der Waals surface area contributed by atoms with Gasteiger partial charge >= 0.3 is 0 Å². The van der Waals surface area contributed by atoms with Crippen LogP contribution in [0.4, 0.5) is 10.1 Å². The number of methoxy groups -OCH3 is 1. The van der Waals surface area contributed by atoms with Crippen LogP contribution in [0, 0.1) is 11.7 Å². The number of imide groups is 1. The van der Waals surface area contributed by atoms with Crippen molar-refractivity contribution in [3.05, 3.63) is 59.9 Å². The maximum Gasteiger partial charge on any atom is 0.259 e. The van der Waals surface area contributed by atoms with Gasteiger partial charge < -0.3 is 4.74 Å². The summed E-state index contributed by atoms with van der Waals surface area (Å²) in [6, 6.07) is 10.6. The van der Waals surface area contributed by atoms with E-state index >= 15 is 0 Å². The summed E-state index contributed by atoms with van der Waals surface area (Å²) >= 11 is 0. The molecule has 27 heavy (non-hydrogen) atoms. The number of hydrogen-bond donors (Lipinski definition) is 1. The third-order valence-corrected chi connectivity index (χ3v) is 4.59. The number of anilines is 1. The molecule has 7 nitrogen and oxygen atoms in total. The van der Waals surface area contributed by atoms with Gasteiger partial charge in [0.15, 0.2) is 0 Å². The quantitative estimate of drug-likeness (QED) is 0.654. The lowest BCUT2D eigenvalue weighted by molar-refractivity contribution is -0.122. The van der Waals surface area contributed by atoms with E-state index in [2.05, 4.69) is 10.5 Å². The first-order chi connectivity index (χ1) is 13.0. The van der Waals surface area contributed by atoms with Crippen LogP contribution in [0.2, 0.25) is 0 Å². The molecule has 1 fully saturated rings. The summed E-state index contributed by atoms with van der Waals surface area (Å²) in [5.74, 6) is -2.76. The van der Waals surface area contributed by atoms with Crippen molar-refractivity contribution in [3.63, 3.8) is 0 Å². The van der Waals surface area contributed by atoms with Crippen LogP contribution in [-0.2, 0) is 9.59 Å². The van der Waals surface area contributed by atoms with Crippen LogP contribution in [0.15, 0.2) is 53.6 Å². The van der Waals surface area contributed by atoms with Crippen LogP contribution in [0.1, 0.15) is 10.4 Å². The summed E-state index contributed by atoms with van der Waals surface area (Å²) in [5.41, 5.74) is 3.01. The van der Waals surface area contributed by atoms with Crippen LogP contribution in [0.5, 0.6) is 5.75 Å². The minimum Gasteiger partial charge on any atom is -0.495 e. The molecule has 136 valence electrons. The Kier molecular flexibility index (Phi) is 3.95. The molecule has 0 unspecified atom stereocenters. The number of carbonyl (C=O) groups excluding carboxylic acids is 3. The molecule has 1 N–H and O–H groups in total. The van der Waals surface area contributed by atoms with Gasteiger partial charge in [0.2, 0.25) is 11.7 Å².